The summed E-state index contributed by atoms with van der Waals surface area (Å²) < 4.78 is 17.2. The summed E-state index contributed by atoms with van der Waals surface area (Å²) >= 11 is 0. The number of carbonyl (C=O) groups excluding carboxylic acids is 1. The number of fused-ring (bicyclic) bond motifs is 1. The highest BCUT2D eigenvalue weighted by molar-refractivity contribution is 6.05. The maximum atomic E-state index is 12.5. The lowest BCUT2D eigenvalue weighted by molar-refractivity contribution is 0.0589. The number of hydrogen-bond donors (Lipinski definition) is 1. The zero-order valence-electron chi connectivity index (χ0n) is 18.0. The van der Waals surface area contributed by atoms with Crippen molar-refractivity contribution in [2.24, 2.45) is 0 Å². The lowest BCUT2D eigenvalue weighted by atomic mass is 9.77. The van der Waals surface area contributed by atoms with Gasteiger partial charge in [0.25, 0.3) is 0 Å². The Balaban J connectivity index is 1.88. The van der Waals surface area contributed by atoms with Gasteiger partial charge in [0.05, 0.1) is 13.7 Å². The maximum Gasteiger partial charge on any atom is 0.360 e. The Morgan fingerprint density at radius 3 is 2.55 bits per heavy atom. The van der Waals surface area contributed by atoms with Gasteiger partial charge in [0, 0.05) is 16.3 Å². The fraction of sp³-hybridized carbons (Fsp3) is 0.360. The van der Waals surface area contributed by atoms with Gasteiger partial charge in [0.15, 0.2) is 11.4 Å². The minimum absolute atomic E-state index is 0.0882. The first kappa shape index (κ1) is 21.0. The molecule has 1 aromatic heterocycles. The molecule has 2 N–H and O–H groups in total. The van der Waals surface area contributed by atoms with Gasteiger partial charge in [-0.15, -0.1) is 0 Å². The fourth-order valence-electron chi connectivity index (χ4n) is 3.97. The minimum atomic E-state index is -0.576. The summed E-state index contributed by atoms with van der Waals surface area (Å²) in [5, 5.41) is 1.57. The van der Waals surface area contributed by atoms with Crippen LogP contribution in [0.25, 0.3) is 10.8 Å². The molecule has 3 aromatic rings. The molecule has 0 amide bonds. The van der Waals surface area contributed by atoms with Crippen molar-refractivity contribution in [1.29, 1.82) is 0 Å². The van der Waals surface area contributed by atoms with Crippen LogP contribution in [0.3, 0.4) is 0 Å². The van der Waals surface area contributed by atoms with Gasteiger partial charge in [-0.05, 0) is 42.9 Å². The lowest BCUT2D eigenvalue weighted by Gasteiger charge is -2.30. The predicted octanol–water partition coefficient (Wildman–Crippen LogP) is 5.24. The number of ether oxygens (including phenoxy) is 3. The van der Waals surface area contributed by atoms with E-state index in [0.29, 0.717) is 30.7 Å². The monoisotopic (exact) mass is 420 g/mol. The van der Waals surface area contributed by atoms with E-state index in [1.54, 1.807) is 0 Å². The molecule has 31 heavy (non-hydrogen) atoms. The van der Waals surface area contributed by atoms with Crippen LogP contribution in [0.4, 0.5) is 5.82 Å². The summed E-state index contributed by atoms with van der Waals surface area (Å²) in [5.41, 5.74) is 8.56. The number of hydrogen-bond acceptors (Lipinski definition) is 6. The molecule has 6 heteroatoms. The molecule has 1 aliphatic rings. The van der Waals surface area contributed by atoms with E-state index in [1.165, 1.54) is 13.5 Å². The number of nitrogen functional groups attached to an aromatic ring is 1. The molecule has 0 spiro atoms. The van der Waals surface area contributed by atoms with E-state index in [4.69, 9.17) is 19.9 Å². The Kier molecular flexibility index (Phi) is 6.26. The molecule has 1 heterocycles. The number of anilines is 1. The molecule has 1 aliphatic carbocycles. The van der Waals surface area contributed by atoms with Crippen LogP contribution in [-0.4, -0.2) is 24.7 Å². The second kappa shape index (κ2) is 9.25. The number of esters is 1. The van der Waals surface area contributed by atoms with Crippen molar-refractivity contribution in [2.75, 3.05) is 19.5 Å². The normalized spacial score (nSPS) is 13.6. The number of methoxy groups -OCH3 is 1. The largest absolute Gasteiger partial charge is 0.493 e. The third kappa shape index (κ3) is 4.15. The van der Waals surface area contributed by atoms with Crippen LogP contribution in [0.1, 0.15) is 60.1 Å². The number of benzene rings is 2. The summed E-state index contributed by atoms with van der Waals surface area (Å²) in [6.07, 6.45) is 4.27. The number of pyridine rings is 1. The first-order valence-corrected chi connectivity index (χ1v) is 10.8. The Morgan fingerprint density at radius 2 is 1.90 bits per heavy atom. The van der Waals surface area contributed by atoms with Crippen LogP contribution in [0.15, 0.2) is 42.5 Å². The molecule has 2 aromatic carbocycles. The van der Waals surface area contributed by atoms with E-state index >= 15 is 0 Å². The van der Waals surface area contributed by atoms with Crippen molar-refractivity contribution in [3.63, 3.8) is 0 Å². The molecule has 0 unspecified atom stereocenters. The molecule has 0 atom stereocenters. The Hall–Kier alpha value is -3.28. The molecule has 1 saturated carbocycles. The van der Waals surface area contributed by atoms with Crippen LogP contribution >= 0.6 is 0 Å². The summed E-state index contributed by atoms with van der Waals surface area (Å²) in [6.45, 7) is 3.02. The van der Waals surface area contributed by atoms with Gasteiger partial charge >= 0.3 is 5.97 Å². The smallest absolute Gasteiger partial charge is 0.360 e. The standard InChI is InChI=1S/C25H28N2O4/c1-3-14-30-19-13-12-18-21(20(19)17-10-7-11-17)24(26)27-22(25(28)29-2)23(18)31-15-16-8-5-4-6-9-16/h4-6,8-9,12-13,17H,3,7,10-11,14-15H2,1-2H3,(H2,26,27). The number of nitrogens with zero attached hydrogens (tertiary/aromatic N) is 1. The summed E-state index contributed by atoms with van der Waals surface area (Å²) in [7, 11) is 1.33. The summed E-state index contributed by atoms with van der Waals surface area (Å²) in [5.74, 6) is 1.32. The van der Waals surface area contributed by atoms with Crippen LogP contribution in [0.2, 0.25) is 0 Å². The zero-order chi connectivity index (χ0) is 21.8. The molecule has 4 rings (SSSR count). The van der Waals surface area contributed by atoms with Crippen LogP contribution in [0, 0.1) is 0 Å². The van der Waals surface area contributed by atoms with Gasteiger partial charge in [-0.1, -0.05) is 43.7 Å². The van der Waals surface area contributed by atoms with E-state index in [0.717, 1.165) is 46.9 Å². The van der Waals surface area contributed by atoms with Crippen LogP contribution in [-0.2, 0) is 11.3 Å². The van der Waals surface area contributed by atoms with Gasteiger partial charge in [-0.25, -0.2) is 9.78 Å². The third-order valence-electron chi connectivity index (χ3n) is 5.73. The average Bonchev–Trinajstić information content (AvgIpc) is 2.76. The molecule has 6 nitrogen and oxygen atoms in total. The molecule has 162 valence electrons. The summed E-state index contributed by atoms with van der Waals surface area (Å²) in [6, 6.07) is 13.7. The van der Waals surface area contributed by atoms with Crippen molar-refractivity contribution in [1.82, 2.24) is 4.98 Å². The van der Waals surface area contributed by atoms with Gasteiger partial charge in [0.1, 0.15) is 18.2 Å². The van der Waals surface area contributed by atoms with E-state index in [2.05, 4.69) is 11.9 Å². The Morgan fingerprint density at radius 1 is 1.13 bits per heavy atom. The molecular formula is C25H28N2O4. The molecular weight excluding hydrogens is 392 g/mol. The first-order chi connectivity index (χ1) is 15.1. The topological polar surface area (TPSA) is 83.7 Å². The predicted molar refractivity (Wildman–Crippen MR) is 121 cm³/mol. The minimum Gasteiger partial charge on any atom is -0.493 e. The van der Waals surface area contributed by atoms with Crippen LogP contribution in [0.5, 0.6) is 11.5 Å². The average molecular weight is 421 g/mol. The van der Waals surface area contributed by atoms with E-state index in [1.807, 2.05) is 42.5 Å². The molecule has 1 fully saturated rings. The highest BCUT2D eigenvalue weighted by atomic mass is 16.5. The van der Waals surface area contributed by atoms with Gasteiger partial charge in [0.2, 0.25) is 0 Å². The maximum absolute atomic E-state index is 12.5. The number of rotatable bonds is 8. The Bertz CT molecular complexity index is 1080. The highest BCUT2D eigenvalue weighted by Crippen LogP contribution is 2.48. The molecule has 0 bridgehead atoms. The second-order valence-corrected chi connectivity index (χ2v) is 7.82. The molecule has 0 radical (unpaired) electrons. The Labute approximate surface area is 182 Å². The van der Waals surface area contributed by atoms with Crippen molar-refractivity contribution in [2.45, 2.75) is 45.1 Å². The lowest BCUT2D eigenvalue weighted by Crippen LogP contribution is -2.15. The number of carbonyl (C=O) groups is 1. The third-order valence-corrected chi connectivity index (χ3v) is 5.73. The quantitative estimate of drug-likeness (QED) is 0.502. The van der Waals surface area contributed by atoms with Gasteiger partial charge in [-0.2, -0.15) is 0 Å². The highest BCUT2D eigenvalue weighted by Gasteiger charge is 2.29. The number of aromatic nitrogens is 1. The second-order valence-electron chi connectivity index (χ2n) is 7.82. The van der Waals surface area contributed by atoms with Gasteiger partial charge < -0.3 is 19.9 Å². The van der Waals surface area contributed by atoms with Crippen molar-refractivity contribution in [3.8, 4) is 11.5 Å². The summed E-state index contributed by atoms with van der Waals surface area (Å²) in [4.78, 5) is 16.9. The van der Waals surface area contributed by atoms with Crippen molar-refractivity contribution >= 4 is 22.6 Å². The zero-order valence-corrected chi connectivity index (χ0v) is 18.0. The van der Waals surface area contributed by atoms with E-state index < -0.39 is 5.97 Å². The van der Waals surface area contributed by atoms with Crippen LogP contribution < -0.4 is 15.2 Å². The molecule has 0 saturated heterocycles. The van der Waals surface area contributed by atoms with Gasteiger partial charge in [-0.3, -0.25) is 0 Å². The van der Waals surface area contributed by atoms with E-state index in [9.17, 15) is 4.79 Å². The first-order valence-electron chi connectivity index (χ1n) is 10.8. The fourth-order valence-corrected chi connectivity index (χ4v) is 3.97. The number of nitrogens with two attached hydrogens (primary N) is 1. The van der Waals surface area contributed by atoms with Crippen molar-refractivity contribution in [3.05, 3.63) is 59.3 Å². The van der Waals surface area contributed by atoms with E-state index in [-0.39, 0.29) is 5.69 Å². The SMILES string of the molecule is CCCOc1ccc2c(OCc3ccccc3)c(C(=O)OC)nc(N)c2c1C1CCC1. The van der Waals surface area contributed by atoms with Crippen molar-refractivity contribution < 1.29 is 19.0 Å². The molecule has 0 aliphatic heterocycles.